The highest BCUT2D eigenvalue weighted by Gasteiger charge is 2.22. The van der Waals surface area contributed by atoms with Gasteiger partial charge in [-0.15, -0.1) is 0 Å². The van der Waals surface area contributed by atoms with E-state index in [1.807, 2.05) is 30.3 Å². The van der Waals surface area contributed by atoms with Crippen molar-refractivity contribution in [2.24, 2.45) is 5.10 Å². The van der Waals surface area contributed by atoms with Gasteiger partial charge in [0, 0.05) is 19.6 Å². The van der Waals surface area contributed by atoms with Crippen molar-refractivity contribution in [3.05, 3.63) is 65.7 Å². The number of hydrogen-bond acceptors (Lipinski definition) is 5. The van der Waals surface area contributed by atoms with Crippen molar-refractivity contribution in [3.8, 4) is 5.75 Å². The molecule has 0 atom stereocenters. The number of carbonyl (C=O) groups excluding carboxylic acids is 3. The molecule has 168 valence electrons. The normalized spacial score (nSPS) is 13.9. The van der Waals surface area contributed by atoms with Gasteiger partial charge in [0.25, 0.3) is 5.91 Å². The summed E-state index contributed by atoms with van der Waals surface area (Å²) in [6, 6.07) is 16.5. The first-order valence-electron chi connectivity index (χ1n) is 10.8. The minimum Gasteiger partial charge on any atom is -0.484 e. The quantitative estimate of drug-likeness (QED) is 0.395. The van der Waals surface area contributed by atoms with E-state index in [4.69, 9.17) is 4.74 Å². The number of nitrogens with zero attached hydrogens (tertiary/aromatic N) is 2. The predicted octanol–water partition coefficient (Wildman–Crippen LogP) is 2.23. The molecule has 2 aromatic carbocycles. The van der Waals surface area contributed by atoms with Gasteiger partial charge in [-0.2, -0.15) is 5.10 Å². The van der Waals surface area contributed by atoms with E-state index < -0.39 is 11.8 Å². The van der Waals surface area contributed by atoms with Crippen LogP contribution in [0, 0.1) is 0 Å². The highest BCUT2D eigenvalue weighted by molar-refractivity contribution is 6.35. The molecule has 1 saturated heterocycles. The van der Waals surface area contributed by atoms with Crippen LogP contribution < -0.4 is 15.5 Å². The van der Waals surface area contributed by atoms with Crippen molar-refractivity contribution in [2.45, 2.75) is 32.2 Å². The number of carbonyl (C=O) groups is 3. The molecule has 2 aromatic rings. The van der Waals surface area contributed by atoms with E-state index in [0.29, 0.717) is 30.9 Å². The fraction of sp³-hybridized carbons (Fsp3) is 0.333. The molecule has 1 aliphatic heterocycles. The SMILES string of the molecule is O=C(COc1ccc(/C=N\NC(=O)C(=O)N2CCCCCC2)cc1)NCc1ccccc1. The smallest absolute Gasteiger partial charge is 0.329 e. The number of hydrazone groups is 1. The number of hydrogen-bond donors (Lipinski definition) is 2. The van der Waals surface area contributed by atoms with E-state index in [0.717, 1.165) is 31.2 Å². The molecule has 0 unspecified atom stereocenters. The third kappa shape index (κ3) is 7.54. The summed E-state index contributed by atoms with van der Waals surface area (Å²) < 4.78 is 5.49. The fourth-order valence-corrected chi connectivity index (χ4v) is 3.28. The maximum atomic E-state index is 12.2. The van der Waals surface area contributed by atoms with E-state index in [1.165, 1.54) is 6.21 Å². The van der Waals surface area contributed by atoms with Gasteiger partial charge in [0.1, 0.15) is 5.75 Å². The Balaban J connectivity index is 1.39. The molecule has 0 saturated carbocycles. The Bertz CT molecular complexity index is 921. The maximum absolute atomic E-state index is 12.2. The number of likely N-dealkylation sites (tertiary alicyclic amines) is 1. The molecule has 32 heavy (non-hydrogen) atoms. The van der Waals surface area contributed by atoms with E-state index in [-0.39, 0.29) is 12.5 Å². The second-order valence-electron chi connectivity index (χ2n) is 7.53. The van der Waals surface area contributed by atoms with Crippen LogP contribution in [0.5, 0.6) is 5.75 Å². The third-order valence-corrected chi connectivity index (χ3v) is 5.05. The van der Waals surface area contributed by atoms with Crippen LogP contribution in [0.3, 0.4) is 0 Å². The molecule has 1 fully saturated rings. The molecule has 0 aromatic heterocycles. The molecular formula is C24H28N4O4. The summed E-state index contributed by atoms with van der Waals surface area (Å²) in [7, 11) is 0. The second-order valence-corrected chi connectivity index (χ2v) is 7.53. The third-order valence-electron chi connectivity index (χ3n) is 5.05. The number of amides is 3. The summed E-state index contributed by atoms with van der Waals surface area (Å²) >= 11 is 0. The van der Waals surface area contributed by atoms with Gasteiger partial charge in [-0.3, -0.25) is 14.4 Å². The Labute approximate surface area is 187 Å². The Morgan fingerprint density at radius 2 is 1.62 bits per heavy atom. The summed E-state index contributed by atoms with van der Waals surface area (Å²) in [5.41, 5.74) is 4.02. The lowest BCUT2D eigenvalue weighted by atomic mass is 10.2. The van der Waals surface area contributed by atoms with Gasteiger partial charge < -0.3 is 15.0 Å². The van der Waals surface area contributed by atoms with Crippen molar-refractivity contribution in [3.63, 3.8) is 0 Å². The first-order valence-corrected chi connectivity index (χ1v) is 10.8. The molecule has 8 heteroatoms. The van der Waals surface area contributed by atoms with Crippen molar-refractivity contribution in [1.82, 2.24) is 15.6 Å². The molecule has 8 nitrogen and oxygen atoms in total. The van der Waals surface area contributed by atoms with Crippen LogP contribution in [0.25, 0.3) is 0 Å². The molecule has 3 amide bonds. The van der Waals surface area contributed by atoms with Gasteiger partial charge in [0.05, 0.1) is 6.21 Å². The molecule has 1 heterocycles. The van der Waals surface area contributed by atoms with Crippen molar-refractivity contribution >= 4 is 23.9 Å². The van der Waals surface area contributed by atoms with Crippen LogP contribution in [0.15, 0.2) is 59.7 Å². The topological polar surface area (TPSA) is 100 Å². The van der Waals surface area contributed by atoms with E-state index >= 15 is 0 Å². The van der Waals surface area contributed by atoms with E-state index in [2.05, 4.69) is 15.8 Å². The monoisotopic (exact) mass is 436 g/mol. The van der Waals surface area contributed by atoms with Crippen LogP contribution >= 0.6 is 0 Å². The summed E-state index contributed by atoms with van der Waals surface area (Å²) in [6.07, 6.45) is 5.46. The minimum absolute atomic E-state index is 0.0884. The van der Waals surface area contributed by atoms with Gasteiger partial charge in [-0.1, -0.05) is 43.2 Å². The minimum atomic E-state index is -0.732. The van der Waals surface area contributed by atoms with Crippen molar-refractivity contribution in [1.29, 1.82) is 0 Å². The average molecular weight is 437 g/mol. The maximum Gasteiger partial charge on any atom is 0.329 e. The second kappa shape index (κ2) is 12.2. The highest BCUT2D eigenvalue weighted by atomic mass is 16.5. The molecule has 2 N–H and O–H groups in total. The van der Waals surface area contributed by atoms with Crippen LogP contribution in [0.2, 0.25) is 0 Å². The molecule has 0 aliphatic carbocycles. The summed E-state index contributed by atoms with van der Waals surface area (Å²) in [5, 5.41) is 6.66. The van der Waals surface area contributed by atoms with Gasteiger partial charge >= 0.3 is 11.8 Å². The number of nitrogens with one attached hydrogen (secondary N) is 2. The Morgan fingerprint density at radius 3 is 2.31 bits per heavy atom. The fourth-order valence-electron chi connectivity index (χ4n) is 3.28. The zero-order chi connectivity index (χ0) is 22.6. The van der Waals surface area contributed by atoms with Crippen LogP contribution in [-0.4, -0.2) is 48.5 Å². The lowest BCUT2D eigenvalue weighted by Gasteiger charge is -2.18. The van der Waals surface area contributed by atoms with Gasteiger partial charge in [0.2, 0.25) is 0 Å². The zero-order valence-electron chi connectivity index (χ0n) is 18.0. The molecule has 3 rings (SSSR count). The molecule has 0 bridgehead atoms. The Morgan fingerprint density at radius 1 is 0.938 bits per heavy atom. The lowest BCUT2D eigenvalue weighted by molar-refractivity contribution is -0.145. The average Bonchev–Trinajstić information content (AvgIpc) is 3.12. The standard InChI is InChI=1S/C24H28N4O4/c29-22(25-16-19-8-4-3-5-9-19)18-32-21-12-10-20(11-13-21)17-26-27-23(30)24(31)28-14-6-1-2-7-15-28/h3-5,8-13,17H,1-2,6-7,14-16,18H2,(H,25,29)(H,27,30)/b26-17-. The highest BCUT2D eigenvalue weighted by Crippen LogP contribution is 2.11. The first kappa shape index (κ1) is 23.0. The van der Waals surface area contributed by atoms with Crippen molar-refractivity contribution in [2.75, 3.05) is 19.7 Å². The number of ether oxygens (including phenoxy) is 1. The van der Waals surface area contributed by atoms with E-state index in [1.54, 1.807) is 29.2 Å². The molecule has 1 aliphatic rings. The predicted molar refractivity (Wildman–Crippen MR) is 121 cm³/mol. The summed E-state index contributed by atoms with van der Waals surface area (Å²) in [4.78, 5) is 37.7. The summed E-state index contributed by atoms with van der Waals surface area (Å²) in [6.45, 7) is 1.59. The number of benzene rings is 2. The zero-order valence-corrected chi connectivity index (χ0v) is 18.0. The molecular weight excluding hydrogens is 408 g/mol. The summed E-state index contributed by atoms with van der Waals surface area (Å²) in [5.74, 6) is -0.948. The Hall–Kier alpha value is -3.68. The first-order chi connectivity index (χ1) is 15.6. The molecule has 0 radical (unpaired) electrons. The van der Waals surface area contributed by atoms with E-state index in [9.17, 15) is 14.4 Å². The van der Waals surface area contributed by atoms with Crippen LogP contribution in [0.1, 0.15) is 36.8 Å². The van der Waals surface area contributed by atoms with Gasteiger partial charge in [-0.05, 0) is 48.2 Å². The number of rotatable bonds is 7. The molecule has 0 spiro atoms. The van der Waals surface area contributed by atoms with Crippen molar-refractivity contribution < 1.29 is 19.1 Å². The van der Waals surface area contributed by atoms with Gasteiger partial charge in [-0.25, -0.2) is 5.43 Å². The van der Waals surface area contributed by atoms with Crippen LogP contribution in [0.4, 0.5) is 0 Å². The lowest BCUT2D eigenvalue weighted by Crippen LogP contribution is -2.41. The van der Waals surface area contributed by atoms with Crippen LogP contribution in [-0.2, 0) is 20.9 Å². The largest absolute Gasteiger partial charge is 0.484 e. The van der Waals surface area contributed by atoms with Gasteiger partial charge in [0.15, 0.2) is 6.61 Å². The Kier molecular flexibility index (Phi) is 8.80.